The van der Waals surface area contributed by atoms with Gasteiger partial charge in [-0.25, -0.2) is 0 Å². The molecule has 2 aliphatic heterocycles. The first-order valence-electron chi connectivity index (χ1n) is 13.0. The SMILES string of the molecule is CCOCCN1c2ccccc2N(C)C1C1CCN(CCc2ccc(C(C)(C)C(=O)O)cc2)CC1. The van der Waals surface area contributed by atoms with Crippen molar-refractivity contribution in [1.29, 1.82) is 0 Å². The number of likely N-dealkylation sites (tertiary alicyclic amines) is 1. The molecule has 0 bridgehead atoms. The van der Waals surface area contributed by atoms with Gasteiger partial charge in [-0.15, -0.1) is 0 Å². The molecule has 0 radical (unpaired) electrons. The molecule has 6 nitrogen and oxygen atoms in total. The Labute approximate surface area is 210 Å². The molecule has 0 spiro atoms. The van der Waals surface area contributed by atoms with Crippen molar-refractivity contribution in [3.05, 3.63) is 59.7 Å². The summed E-state index contributed by atoms with van der Waals surface area (Å²) in [5.74, 6) is -0.164. The second-order valence-electron chi connectivity index (χ2n) is 10.5. The summed E-state index contributed by atoms with van der Waals surface area (Å²) in [6.45, 7) is 11.3. The third-order valence-electron chi connectivity index (χ3n) is 7.95. The van der Waals surface area contributed by atoms with Crippen molar-refractivity contribution in [1.82, 2.24) is 4.90 Å². The van der Waals surface area contributed by atoms with Gasteiger partial charge in [0.05, 0.1) is 23.4 Å². The molecule has 190 valence electrons. The monoisotopic (exact) mass is 479 g/mol. The molecule has 1 saturated heterocycles. The Morgan fingerprint density at radius 2 is 1.69 bits per heavy atom. The Morgan fingerprint density at radius 1 is 1.03 bits per heavy atom. The summed E-state index contributed by atoms with van der Waals surface area (Å²) < 4.78 is 5.71. The molecule has 0 aliphatic carbocycles. The zero-order chi connectivity index (χ0) is 25.0. The highest BCUT2D eigenvalue weighted by atomic mass is 16.5. The third-order valence-corrected chi connectivity index (χ3v) is 7.95. The van der Waals surface area contributed by atoms with Crippen LogP contribution in [0, 0.1) is 5.92 Å². The van der Waals surface area contributed by atoms with E-state index in [1.54, 1.807) is 13.8 Å². The molecule has 2 aromatic rings. The van der Waals surface area contributed by atoms with Crippen molar-refractivity contribution in [2.75, 3.05) is 56.2 Å². The van der Waals surface area contributed by atoms with Crippen molar-refractivity contribution in [3.8, 4) is 0 Å². The molecular weight excluding hydrogens is 438 g/mol. The maximum atomic E-state index is 11.5. The number of nitrogens with zero attached hydrogens (tertiary/aromatic N) is 3. The molecule has 2 heterocycles. The van der Waals surface area contributed by atoms with Gasteiger partial charge in [-0.05, 0) is 76.4 Å². The second kappa shape index (κ2) is 11.0. The Bertz CT molecular complexity index is 983. The summed E-state index contributed by atoms with van der Waals surface area (Å²) in [5, 5.41) is 9.46. The van der Waals surface area contributed by atoms with Gasteiger partial charge in [0.15, 0.2) is 0 Å². The number of rotatable bonds is 10. The lowest BCUT2D eigenvalue weighted by atomic mass is 9.84. The first-order chi connectivity index (χ1) is 16.8. The number of hydrogen-bond acceptors (Lipinski definition) is 5. The van der Waals surface area contributed by atoms with Gasteiger partial charge >= 0.3 is 5.97 Å². The maximum Gasteiger partial charge on any atom is 0.313 e. The zero-order valence-corrected chi connectivity index (χ0v) is 21.7. The smallest absolute Gasteiger partial charge is 0.313 e. The minimum Gasteiger partial charge on any atom is -0.481 e. The van der Waals surface area contributed by atoms with Gasteiger partial charge < -0.3 is 24.5 Å². The minimum atomic E-state index is -0.857. The first kappa shape index (κ1) is 25.5. The Hall–Kier alpha value is -2.57. The van der Waals surface area contributed by atoms with Gasteiger partial charge in [0.2, 0.25) is 0 Å². The molecule has 35 heavy (non-hydrogen) atoms. The summed E-state index contributed by atoms with van der Waals surface area (Å²) >= 11 is 0. The highest BCUT2D eigenvalue weighted by Crippen LogP contribution is 2.42. The third kappa shape index (κ3) is 5.49. The molecule has 0 saturated carbocycles. The van der Waals surface area contributed by atoms with Crippen molar-refractivity contribution < 1.29 is 14.6 Å². The van der Waals surface area contributed by atoms with Gasteiger partial charge in [0, 0.05) is 32.7 Å². The number of anilines is 2. The quantitative estimate of drug-likeness (QED) is 0.502. The number of benzene rings is 2. The van der Waals surface area contributed by atoms with E-state index in [9.17, 15) is 9.90 Å². The fourth-order valence-electron chi connectivity index (χ4n) is 5.60. The number of carboxylic acid groups (broad SMARTS) is 1. The van der Waals surface area contributed by atoms with Crippen LogP contribution in [-0.4, -0.2) is 68.6 Å². The van der Waals surface area contributed by atoms with Crippen LogP contribution in [0.3, 0.4) is 0 Å². The predicted molar refractivity (Wildman–Crippen MR) is 142 cm³/mol. The topological polar surface area (TPSA) is 56.2 Å². The van der Waals surface area contributed by atoms with Crippen molar-refractivity contribution in [3.63, 3.8) is 0 Å². The van der Waals surface area contributed by atoms with E-state index < -0.39 is 11.4 Å². The van der Waals surface area contributed by atoms with Crippen LogP contribution in [0.4, 0.5) is 11.4 Å². The number of ether oxygens (including phenoxy) is 1. The molecule has 1 unspecified atom stereocenters. The van der Waals surface area contributed by atoms with Crippen LogP contribution >= 0.6 is 0 Å². The number of para-hydroxylation sites is 2. The Kier molecular flexibility index (Phi) is 8.02. The standard InChI is InChI=1S/C29H41N3O3/c1-5-35-21-20-32-26-9-7-6-8-25(26)30(4)27(32)23-15-18-31(19-16-23)17-14-22-10-12-24(13-11-22)29(2,3)28(33)34/h6-13,23,27H,5,14-21H2,1-4H3,(H,33,34). The van der Waals surface area contributed by atoms with E-state index in [1.165, 1.54) is 29.8 Å². The average Bonchev–Trinajstić information content (AvgIpc) is 3.15. The summed E-state index contributed by atoms with van der Waals surface area (Å²) in [4.78, 5) is 19.1. The van der Waals surface area contributed by atoms with E-state index >= 15 is 0 Å². The molecule has 1 N–H and O–H groups in total. The summed E-state index contributed by atoms with van der Waals surface area (Å²) in [6, 6.07) is 16.9. The minimum absolute atomic E-state index is 0.389. The maximum absolute atomic E-state index is 11.5. The highest BCUT2D eigenvalue weighted by Gasteiger charge is 2.39. The second-order valence-corrected chi connectivity index (χ2v) is 10.5. The first-order valence-corrected chi connectivity index (χ1v) is 13.0. The molecule has 1 atom stereocenters. The molecule has 2 aromatic carbocycles. The van der Waals surface area contributed by atoms with Crippen LogP contribution in [0.5, 0.6) is 0 Å². The largest absolute Gasteiger partial charge is 0.481 e. The van der Waals surface area contributed by atoms with Gasteiger partial charge in [0.1, 0.15) is 6.17 Å². The number of aliphatic carboxylic acids is 1. The van der Waals surface area contributed by atoms with E-state index in [0.29, 0.717) is 12.1 Å². The van der Waals surface area contributed by atoms with E-state index in [0.717, 1.165) is 51.4 Å². The Morgan fingerprint density at radius 3 is 2.31 bits per heavy atom. The van der Waals surface area contributed by atoms with Crippen LogP contribution < -0.4 is 9.80 Å². The molecule has 6 heteroatoms. The molecule has 2 aliphatic rings. The van der Waals surface area contributed by atoms with E-state index in [4.69, 9.17) is 4.74 Å². The Balaban J connectivity index is 1.32. The average molecular weight is 480 g/mol. The van der Waals surface area contributed by atoms with Crippen LogP contribution in [-0.2, 0) is 21.4 Å². The number of piperidine rings is 1. The van der Waals surface area contributed by atoms with Crippen LogP contribution in [0.2, 0.25) is 0 Å². The van der Waals surface area contributed by atoms with Crippen molar-refractivity contribution >= 4 is 17.3 Å². The van der Waals surface area contributed by atoms with Gasteiger partial charge in [-0.2, -0.15) is 0 Å². The number of carbonyl (C=O) groups is 1. The fourth-order valence-corrected chi connectivity index (χ4v) is 5.60. The number of fused-ring (bicyclic) bond motifs is 1. The van der Waals surface area contributed by atoms with Gasteiger partial charge in [-0.3, -0.25) is 4.79 Å². The summed E-state index contributed by atoms with van der Waals surface area (Å²) in [7, 11) is 2.24. The lowest BCUT2D eigenvalue weighted by molar-refractivity contribution is -0.142. The molecule has 1 fully saturated rings. The van der Waals surface area contributed by atoms with E-state index in [1.807, 2.05) is 12.1 Å². The summed E-state index contributed by atoms with van der Waals surface area (Å²) in [5.41, 5.74) is 3.92. The van der Waals surface area contributed by atoms with E-state index in [2.05, 4.69) is 65.1 Å². The number of carboxylic acids is 1. The van der Waals surface area contributed by atoms with Crippen molar-refractivity contribution in [2.24, 2.45) is 5.92 Å². The van der Waals surface area contributed by atoms with Crippen LogP contribution in [0.1, 0.15) is 44.7 Å². The normalized spacial score (nSPS) is 19.3. The van der Waals surface area contributed by atoms with E-state index in [-0.39, 0.29) is 0 Å². The van der Waals surface area contributed by atoms with Crippen LogP contribution in [0.25, 0.3) is 0 Å². The molecular formula is C29H41N3O3. The van der Waals surface area contributed by atoms with Gasteiger partial charge in [-0.1, -0.05) is 36.4 Å². The zero-order valence-electron chi connectivity index (χ0n) is 21.7. The molecule has 0 aromatic heterocycles. The molecule has 0 amide bonds. The highest BCUT2D eigenvalue weighted by molar-refractivity contribution is 5.80. The predicted octanol–water partition coefficient (Wildman–Crippen LogP) is 4.62. The van der Waals surface area contributed by atoms with Gasteiger partial charge in [0.25, 0.3) is 0 Å². The molecule has 4 rings (SSSR count). The lowest BCUT2D eigenvalue weighted by Gasteiger charge is -2.41. The number of hydrogen-bond donors (Lipinski definition) is 1. The fraction of sp³-hybridized carbons (Fsp3) is 0.552. The summed E-state index contributed by atoms with van der Waals surface area (Å²) in [6.07, 6.45) is 3.77. The van der Waals surface area contributed by atoms with Crippen molar-refractivity contribution in [2.45, 2.75) is 51.6 Å². The van der Waals surface area contributed by atoms with Crippen LogP contribution in [0.15, 0.2) is 48.5 Å². The lowest BCUT2D eigenvalue weighted by Crippen LogP contribution is -2.51.